The van der Waals surface area contributed by atoms with E-state index in [1.54, 1.807) is 0 Å². The number of aryl methyl sites for hydroxylation is 2. The van der Waals surface area contributed by atoms with E-state index in [9.17, 15) is 0 Å². The average Bonchev–Trinajstić information content (AvgIpc) is 2.93. The first-order valence-electron chi connectivity index (χ1n) is 6.31. The van der Waals surface area contributed by atoms with Gasteiger partial charge in [-0.25, -0.2) is 0 Å². The SMILES string of the molecule is Cc1nn(C)cc1C1CN=C(N)N1c1ccccc1. The Labute approximate surface area is 112 Å². The van der Waals surface area contributed by atoms with E-state index < -0.39 is 0 Å². The zero-order valence-electron chi connectivity index (χ0n) is 11.1. The highest BCUT2D eigenvalue weighted by Gasteiger charge is 2.30. The van der Waals surface area contributed by atoms with Crippen molar-refractivity contribution in [2.24, 2.45) is 17.8 Å². The maximum absolute atomic E-state index is 6.04. The van der Waals surface area contributed by atoms with Crippen LogP contribution in [0, 0.1) is 6.92 Å². The van der Waals surface area contributed by atoms with Crippen molar-refractivity contribution in [3.8, 4) is 0 Å². The number of aromatic nitrogens is 2. The van der Waals surface area contributed by atoms with Gasteiger partial charge in [0.25, 0.3) is 0 Å². The summed E-state index contributed by atoms with van der Waals surface area (Å²) in [5.74, 6) is 0.569. The Morgan fingerprint density at radius 1 is 1.26 bits per heavy atom. The van der Waals surface area contributed by atoms with E-state index in [-0.39, 0.29) is 6.04 Å². The molecule has 1 atom stereocenters. The van der Waals surface area contributed by atoms with Crippen LogP contribution in [0.5, 0.6) is 0 Å². The summed E-state index contributed by atoms with van der Waals surface area (Å²) in [5, 5.41) is 4.41. The van der Waals surface area contributed by atoms with Gasteiger partial charge in [-0.15, -0.1) is 0 Å². The van der Waals surface area contributed by atoms with Crippen molar-refractivity contribution in [2.45, 2.75) is 13.0 Å². The van der Waals surface area contributed by atoms with Gasteiger partial charge in [0.05, 0.1) is 18.3 Å². The second-order valence-corrected chi connectivity index (χ2v) is 4.76. The predicted molar refractivity (Wildman–Crippen MR) is 76.1 cm³/mol. The second-order valence-electron chi connectivity index (χ2n) is 4.76. The van der Waals surface area contributed by atoms with E-state index in [0.29, 0.717) is 12.5 Å². The molecule has 0 amide bonds. The first-order valence-corrected chi connectivity index (χ1v) is 6.31. The maximum Gasteiger partial charge on any atom is 0.196 e. The van der Waals surface area contributed by atoms with Gasteiger partial charge in [0, 0.05) is 24.5 Å². The van der Waals surface area contributed by atoms with Gasteiger partial charge in [0.1, 0.15) is 0 Å². The Hall–Kier alpha value is -2.30. The number of nitrogens with zero attached hydrogens (tertiary/aromatic N) is 4. The number of rotatable bonds is 2. The number of hydrogen-bond acceptors (Lipinski definition) is 4. The highest BCUT2D eigenvalue weighted by Crippen LogP contribution is 2.31. The predicted octanol–water partition coefficient (Wildman–Crippen LogP) is 1.60. The van der Waals surface area contributed by atoms with Gasteiger partial charge in [-0.2, -0.15) is 5.10 Å². The summed E-state index contributed by atoms with van der Waals surface area (Å²) in [5.41, 5.74) is 9.31. The fourth-order valence-electron chi connectivity index (χ4n) is 2.58. The molecule has 0 saturated carbocycles. The topological polar surface area (TPSA) is 59.4 Å². The van der Waals surface area contributed by atoms with Crippen molar-refractivity contribution in [3.05, 3.63) is 47.8 Å². The van der Waals surface area contributed by atoms with E-state index in [2.05, 4.69) is 15.0 Å². The van der Waals surface area contributed by atoms with Gasteiger partial charge in [0.15, 0.2) is 5.96 Å². The van der Waals surface area contributed by atoms with Crippen LogP contribution in [0.15, 0.2) is 41.5 Å². The van der Waals surface area contributed by atoms with Gasteiger partial charge in [-0.3, -0.25) is 9.67 Å². The number of para-hydroxylation sites is 1. The van der Waals surface area contributed by atoms with Crippen LogP contribution in [0.3, 0.4) is 0 Å². The van der Waals surface area contributed by atoms with Crippen molar-refractivity contribution in [1.82, 2.24) is 9.78 Å². The summed E-state index contributed by atoms with van der Waals surface area (Å²) >= 11 is 0. The van der Waals surface area contributed by atoms with Crippen LogP contribution in [0.2, 0.25) is 0 Å². The number of benzene rings is 1. The molecule has 1 aromatic carbocycles. The van der Waals surface area contributed by atoms with Gasteiger partial charge in [-0.1, -0.05) is 18.2 Å². The minimum Gasteiger partial charge on any atom is -0.369 e. The van der Waals surface area contributed by atoms with E-state index in [0.717, 1.165) is 11.4 Å². The zero-order chi connectivity index (χ0) is 13.4. The number of hydrogen-bond donors (Lipinski definition) is 1. The van der Waals surface area contributed by atoms with Crippen LogP contribution in [-0.4, -0.2) is 22.3 Å². The molecule has 0 saturated heterocycles. The smallest absolute Gasteiger partial charge is 0.196 e. The van der Waals surface area contributed by atoms with Gasteiger partial charge in [0.2, 0.25) is 0 Å². The summed E-state index contributed by atoms with van der Waals surface area (Å²) in [4.78, 5) is 6.46. The molecule has 5 nitrogen and oxygen atoms in total. The molecular weight excluding hydrogens is 238 g/mol. The zero-order valence-corrected chi connectivity index (χ0v) is 11.1. The quantitative estimate of drug-likeness (QED) is 0.886. The molecule has 0 fully saturated rings. The molecule has 0 spiro atoms. The molecule has 0 bridgehead atoms. The van der Waals surface area contributed by atoms with Crippen LogP contribution >= 0.6 is 0 Å². The first-order chi connectivity index (χ1) is 9.16. The van der Waals surface area contributed by atoms with E-state index in [4.69, 9.17) is 5.73 Å². The highest BCUT2D eigenvalue weighted by molar-refractivity contribution is 5.97. The normalized spacial score (nSPS) is 18.7. The third-order valence-electron chi connectivity index (χ3n) is 3.43. The molecule has 19 heavy (non-hydrogen) atoms. The summed E-state index contributed by atoms with van der Waals surface area (Å²) in [6.45, 7) is 2.69. The van der Waals surface area contributed by atoms with Gasteiger partial charge < -0.3 is 10.6 Å². The van der Waals surface area contributed by atoms with Crippen molar-refractivity contribution >= 4 is 11.6 Å². The molecular formula is C14H17N5. The van der Waals surface area contributed by atoms with Crippen molar-refractivity contribution in [2.75, 3.05) is 11.4 Å². The molecule has 0 radical (unpaired) electrons. The molecule has 1 aliphatic rings. The fourth-order valence-corrected chi connectivity index (χ4v) is 2.58. The molecule has 5 heteroatoms. The van der Waals surface area contributed by atoms with Gasteiger partial charge >= 0.3 is 0 Å². The number of aliphatic imine (C=N–C) groups is 1. The minimum absolute atomic E-state index is 0.135. The van der Waals surface area contributed by atoms with Crippen molar-refractivity contribution in [1.29, 1.82) is 0 Å². The third-order valence-corrected chi connectivity index (χ3v) is 3.43. The lowest BCUT2D eigenvalue weighted by molar-refractivity contribution is 0.751. The van der Waals surface area contributed by atoms with Crippen LogP contribution in [-0.2, 0) is 7.05 Å². The number of nitrogens with two attached hydrogens (primary N) is 1. The van der Waals surface area contributed by atoms with Gasteiger partial charge in [-0.05, 0) is 19.1 Å². The maximum atomic E-state index is 6.04. The van der Waals surface area contributed by atoms with E-state index in [1.165, 1.54) is 5.56 Å². The fraction of sp³-hybridized carbons (Fsp3) is 0.286. The summed E-state index contributed by atoms with van der Waals surface area (Å²) in [6, 6.07) is 10.2. The van der Waals surface area contributed by atoms with E-state index >= 15 is 0 Å². The van der Waals surface area contributed by atoms with E-state index in [1.807, 2.05) is 55.2 Å². The molecule has 2 N–H and O–H groups in total. The summed E-state index contributed by atoms with van der Waals surface area (Å²) in [7, 11) is 1.93. The third kappa shape index (κ3) is 1.97. The summed E-state index contributed by atoms with van der Waals surface area (Å²) < 4.78 is 1.84. The monoisotopic (exact) mass is 255 g/mol. The first kappa shape index (κ1) is 11.8. The molecule has 2 aromatic rings. The molecule has 1 aromatic heterocycles. The van der Waals surface area contributed by atoms with Crippen LogP contribution < -0.4 is 10.6 Å². The molecule has 2 heterocycles. The molecule has 0 aliphatic carbocycles. The molecule has 1 unspecified atom stereocenters. The van der Waals surface area contributed by atoms with Crippen LogP contribution in [0.25, 0.3) is 0 Å². The minimum atomic E-state index is 0.135. The Balaban J connectivity index is 2.01. The molecule has 3 rings (SSSR count). The lowest BCUT2D eigenvalue weighted by Crippen LogP contribution is -2.36. The highest BCUT2D eigenvalue weighted by atomic mass is 15.3. The molecule has 98 valence electrons. The van der Waals surface area contributed by atoms with Crippen molar-refractivity contribution < 1.29 is 0 Å². The largest absolute Gasteiger partial charge is 0.369 e. The Morgan fingerprint density at radius 2 is 2.00 bits per heavy atom. The number of guanidine groups is 1. The Bertz CT molecular complexity index is 614. The number of anilines is 1. The van der Waals surface area contributed by atoms with Crippen LogP contribution in [0.1, 0.15) is 17.3 Å². The summed E-state index contributed by atoms with van der Waals surface area (Å²) in [6.07, 6.45) is 2.05. The van der Waals surface area contributed by atoms with Crippen molar-refractivity contribution in [3.63, 3.8) is 0 Å². The average molecular weight is 255 g/mol. The Morgan fingerprint density at radius 3 is 2.63 bits per heavy atom. The lowest BCUT2D eigenvalue weighted by atomic mass is 10.1. The standard InChI is InChI=1S/C14H17N5/c1-10-12(9-18(2)17-10)13-8-16-14(15)19(13)11-6-4-3-5-7-11/h3-7,9,13H,8H2,1-2H3,(H2,15,16). The molecule has 1 aliphatic heterocycles. The second kappa shape index (κ2) is 4.42. The van der Waals surface area contributed by atoms with Crippen LogP contribution in [0.4, 0.5) is 5.69 Å². The lowest BCUT2D eigenvalue weighted by Gasteiger charge is -2.26. The Kier molecular flexibility index (Phi) is 2.74.